The van der Waals surface area contributed by atoms with Crippen molar-refractivity contribution in [2.45, 2.75) is 168 Å². The molecule has 4 saturated carbocycles. The van der Waals surface area contributed by atoms with Crippen molar-refractivity contribution in [1.82, 2.24) is 0 Å². The van der Waals surface area contributed by atoms with Crippen LogP contribution in [-0.2, 0) is 6.42 Å². The summed E-state index contributed by atoms with van der Waals surface area (Å²) in [5, 5.41) is 0. The minimum absolute atomic E-state index is 0.841. The van der Waals surface area contributed by atoms with Crippen LogP contribution in [0.5, 0.6) is 0 Å². The fraction of sp³-hybridized carbons (Fsp3) is 0.846. The van der Waals surface area contributed by atoms with Crippen LogP contribution < -0.4 is 0 Å². The Balaban J connectivity index is 0.000000202. The first-order valence-corrected chi connectivity index (χ1v) is 18.2. The van der Waals surface area contributed by atoms with E-state index in [9.17, 15) is 0 Å². The molecule has 0 radical (unpaired) electrons. The number of hydrogen-bond donors (Lipinski definition) is 0. The van der Waals surface area contributed by atoms with Crippen LogP contribution in [0.25, 0.3) is 0 Å². The van der Waals surface area contributed by atoms with E-state index in [1.807, 2.05) is 0 Å². The van der Waals surface area contributed by atoms with Crippen molar-refractivity contribution in [3.8, 4) is 0 Å². The first kappa shape index (κ1) is 31.2. The molecule has 4 aliphatic carbocycles. The Labute approximate surface area is 244 Å². The van der Waals surface area contributed by atoms with Crippen LogP contribution in [0.4, 0.5) is 0 Å². The largest absolute Gasteiger partial charge is 0.0654 e. The molecule has 0 aromatic heterocycles. The number of aryl methyl sites for hydroxylation is 1. The van der Waals surface area contributed by atoms with E-state index in [1.54, 1.807) is 31.2 Å². The summed E-state index contributed by atoms with van der Waals surface area (Å²) >= 11 is 0. The third-order valence-electron chi connectivity index (χ3n) is 12.2. The molecule has 5 rings (SSSR count). The van der Waals surface area contributed by atoms with Crippen molar-refractivity contribution < 1.29 is 0 Å². The molecular weight excluding hydrogens is 468 g/mol. The smallest absolute Gasteiger partial charge is 0.0162 e. The first-order chi connectivity index (χ1) is 19.1. The summed E-state index contributed by atoms with van der Waals surface area (Å²) in [6, 6.07) is 9.59. The topological polar surface area (TPSA) is 0 Å². The van der Waals surface area contributed by atoms with Gasteiger partial charge in [-0.2, -0.15) is 0 Å². The van der Waals surface area contributed by atoms with Crippen LogP contribution in [0, 0.1) is 41.4 Å². The zero-order valence-electron chi connectivity index (χ0n) is 26.8. The molecule has 222 valence electrons. The van der Waals surface area contributed by atoms with Gasteiger partial charge in [-0.25, -0.2) is 0 Å². The summed E-state index contributed by atoms with van der Waals surface area (Å²) in [5.74, 6) is 8.32. The van der Waals surface area contributed by atoms with Crippen LogP contribution in [0.15, 0.2) is 24.3 Å². The monoisotopic (exact) mass is 535 g/mol. The minimum atomic E-state index is 0.841. The lowest BCUT2D eigenvalue weighted by atomic mass is 9.68. The normalized spacial score (nSPS) is 35.6. The Kier molecular flexibility index (Phi) is 13.3. The van der Waals surface area contributed by atoms with Gasteiger partial charge in [0.05, 0.1) is 0 Å². The molecular formula is C39H66. The van der Waals surface area contributed by atoms with E-state index in [0.717, 1.165) is 47.3 Å². The Morgan fingerprint density at radius 2 is 0.974 bits per heavy atom. The average molecular weight is 535 g/mol. The molecule has 0 saturated heterocycles. The SMILES string of the molecule is CCC1CCC(C2CCC(C)CC2)CC1.CCCc1ccc(C2CCC(C3CCC(CCC)CC3)CC2)cc1. The molecule has 1 aromatic carbocycles. The first-order valence-electron chi connectivity index (χ1n) is 18.2. The Morgan fingerprint density at radius 1 is 0.513 bits per heavy atom. The van der Waals surface area contributed by atoms with Crippen molar-refractivity contribution in [2.75, 3.05) is 0 Å². The van der Waals surface area contributed by atoms with E-state index < -0.39 is 0 Å². The minimum Gasteiger partial charge on any atom is -0.0654 e. The van der Waals surface area contributed by atoms with Crippen LogP contribution in [0.3, 0.4) is 0 Å². The summed E-state index contributed by atoms with van der Waals surface area (Å²) in [5.41, 5.74) is 3.12. The highest BCUT2D eigenvalue weighted by atomic mass is 14.4. The zero-order valence-corrected chi connectivity index (χ0v) is 26.8. The molecule has 0 nitrogen and oxygen atoms in total. The quantitative estimate of drug-likeness (QED) is 0.311. The molecule has 0 atom stereocenters. The fourth-order valence-electron chi connectivity index (χ4n) is 9.35. The summed E-state index contributed by atoms with van der Waals surface area (Å²) in [6.07, 6.45) is 31.0. The van der Waals surface area contributed by atoms with Gasteiger partial charge >= 0.3 is 0 Å². The van der Waals surface area contributed by atoms with Crippen molar-refractivity contribution >= 4 is 0 Å². The van der Waals surface area contributed by atoms with Gasteiger partial charge in [0.25, 0.3) is 0 Å². The summed E-state index contributed by atoms with van der Waals surface area (Å²) in [4.78, 5) is 0. The van der Waals surface area contributed by atoms with E-state index in [2.05, 4.69) is 52.0 Å². The molecule has 0 amide bonds. The van der Waals surface area contributed by atoms with Gasteiger partial charge in [-0.05, 0) is 129 Å². The number of benzene rings is 1. The lowest BCUT2D eigenvalue weighted by Crippen LogP contribution is -2.25. The lowest BCUT2D eigenvalue weighted by molar-refractivity contribution is 0.149. The van der Waals surface area contributed by atoms with Gasteiger partial charge in [-0.1, -0.05) is 116 Å². The van der Waals surface area contributed by atoms with E-state index >= 15 is 0 Å². The van der Waals surface area contributed by atoms with Crippen LogP contribution in [0.2, 0.25) is 0 Å². The van der Waals surface area contributed by atoms with Gasteiger partial charge < -0.3 is 0 Å². The molecule has 0 spiro atoms. The molecule has 0 aliphatic heterocycles. The molecule has 4 aliphatic rings. The molecule has 0 heterocycles. The van der Waals surface area contributed by atoms with Gasteiger partial charge in [0, 0.05) is 0 Å². The Morgan fingerprint density at radius 3 is 1.44 bits per heavy atom. The molecule has 39 heavy (non-hydrogen) atoms. The van der Waals surface area contributed by atoms with E-state index in [4.69, 9.17) is 0 Å². The van der Waals surface area contributed by atoms with Gasteiger partial charge in [0.1, 0.15) is 0 Å². The lowest BCUT2D eigenvalue weighted by Gasteiger charge is -2.38. The number of rotatable bonds is 8. The third kappa shape index (κ3) is 9.64. The van der Waals surface area contributed by atoms with Crippen LogP contribution >= 0.6 is 0 Å². The summed E-state index contributed by atoms with van der Waals surface area (Å²) < 4.78 is 0. The summed E-state index contributed by atoms with van der Waals surface area (Å²) in [6.45, 7) is 9.42. The molecule has 0 bridgehead atoms. The highest BCUT2D eigenvalue weighted by Crippen LogP contribution is 2.45. The Bertz CT molecular complexity index is 744. The molecule has 0 N–H and O–H groups in total. The molecule has 0 unspecified atom stereocenters. The van der Waals surface area contributed by atoms with Crippen LogP contribution in [-0.4, -0.2) is 0 Å². The number of hydrogen-bond acceptors (Lipinski definition) is 0. The second-order valence-corrected chi connectivity index (χ2v) is 14.9. The van der Waals surface area contributed by atoms with Gasteiger partial charge in [0.15, 0.2) is 0 Å². The molecule has 1 aromatic rings. The van der Waals surface area contributed by atoms with Crippen LogP contribution in [0.1, 0.15) is 173 Å². The average Bonchev–Trinajstić information content (AvgIpc) is 2.99. The standard InChI is InChI=1S/C24H38.C15H28/c1-3-5-19-7-11-21(12-8-19)23-15-17-24(18-16-23)22-13-9-20(6-4-2)10-14-22;1-3-13-6-10-15(11-7-13)14-8-4-12(2)5-9-14/h7-8,11-12,20,22-24H,3-6,9-10,13-18H2,1-2H3;12-15H,3-11H2,1-2H3. The van der Waals surface area contributed by atoms with E-state index in [-0.39, 0.29) is 0 Å². The molecule has 4 fully saturated rings. The maximum absolute atomic E-state index is 2.43. The predicted octanol–water partition coefficient (Wildman–Crippen LogP) is 12.5. The van der Waals surface area contributed by atoms with Crippen molar-refractivity contribution in [3.63, 3.8) is 0 Å². The van der Waals surface area contributed by atoms with Gasteiger partial charge in [-0.3, -0.25) is 0 Å². The maximum Gasteiger partial charge on any atom is -0.0162 e. The fourth-order valence-corrected chi connectivity index (χ4v) is 9.35. The second kappa shape index (κ2) is 16.6. The maximum atomic E-state index is 2.43. The zero-order chi connectivity index (χ0) is 27.5. The molecule has 0 heteroatoms. The van der Waals surface area contributed by atoms with Gasteiger partial charge in [-0.15, -0.1) is 0 Å². The van der Waals surface area contributed by atoms with Crippen molar-refractivity contribution in [2.24, 2.45) is 41.4 Å². The van der Waals surface area contributed by atoms with E-state index in [1.165, 1.54) is 115 Å². The van der Waals surface area contributed by atoms with Crippen molar-refractivity contribution in [1.29, 1.82) is 0 Å². The van der Waals surface area contributed by atoms with Gasteiger partial charge in [0.2, 0.25) is 0 Å². The van der Waals surface area contributed by atoms with Crippen molar-refractivity contribution in [3.05, 3.63) is 35.4 Å². The second-order valence-electron chi connectivity index (χ2n) is 14.9. The highest BCUT2D eigenvalue weighted by Gasteiger charge is 2.31. The Hall–Kier alpha value is -0.780. The highest BCUT2D eigenvalue weighted by molar-refractivity contribution is 5.26. The van der Waals surface area contributed by atoms with E-state index in [0.29, 0.717) is 0 Å². The summed E-state index contributed by atoms with van der Waals surface area (Å²) in [7, 11) is 0. The predicted molar refractivity (Wildman–Crippen MR) is 172 cm³/mol. The third-order valence-corrected chi connectivity index (χ3v) is 12.2.